The molecule has 120 valence electrons. The van der Waals surface area contributed by atoms with Crippen LogP contribution in [-0.2, 0) is 6.54 Å². The first kappa shape index (κ1) is 15.3. The molecule has 8 heteroatoms. The number of pyridine rings is 1. The summed E-state index contributed by atoms with van der Waals surface area (Å²) in [4.78, 5) is 22.2. The van der Waals surface area contributed by atoms with Gasteiger partial charge in [0, 0.05) is 23.9 Å². The summed E-state index contributed by atoms with van der Waals surface area (Å²) in [5.74, 6) is 0. The lowest BCUT2D eigenvalue weighted by Crippen LogP contribution is -2.47. The number of non-ortho nitro benzene ring substituents is 1. The molecule has 0 saturated heterocycles. The first-order valence-electron chi connectivity index (χ1n) is 7.01. The Morgan fingerprint density at radius 1 is 1.29 bits per heavy atom. The third-order valence-electron chi connectivity index (χ3n) is 3.47. The fourth-order valence-corrected chi connectivity index (χ4v) is 2.42. The maximum atomic E-state index is 12.2. The van der Waals surface area contributed by atoms with Gasteiger partial charge in [0.05, 0.1) is 23.1 Å². The second-order valence-corrected chi connectivity index (χ2v) is 5.07. The zero-order chi connectivity index (χ0) is 17.3. The highest BCUT2D eigenvalue weighted by molar-refractivity contribution is 5.76. The molecule has 24 heavy (non-hydrogen) atoms. The number of allylic oxidation sites excluding steroid dienone is 1. The van der Waals surface area contributed by atoms with E-state index in [0.29, 0.717) is 17.7 Å². The SMILES string of the molecule is C=CCn1cc2ccc(=O)[n+]([O-])c-2c(-c2cccc([N+](=O)[O-])c2)n1. The predicted octanol–water partition coefficient (Wildman–Crippen LogP) is 1.74. The van der Waals surface area contributed by atoms with Crippen LogP contribution in [0.5, 0.6) is 0 Å². The number of hydrogen-bond acceptors (Lipinski definition) is 5. The highest BCUT2D eigenvalue weighted by atomic mass is 16.6. The highest BCUT2D eigenvalue weighted by Gasteiger charge is 2.24. The number of rotatable bonds is 4. The van der Waals surface area contributed by atoms with Crippen LogP contribution in [-0.4, -0.2) is 14.7 Å². The van der Waals surface area contributed by atoms with Crippen LogP contribution in [0, 0.1) is 15.3 Å². The van der Waals surface area contributed by atoms with Gasteiger partial charge in [0.1, 0.15) is 0 Å². The summed E-state index contributed by atoms with van der Waals surface area (Å²) in [6, 6.07) is 8.46. The van der Waals surface area contributed by atoms with Crippen molar-refractivity contribution >= 4 is 5.69 Å². The standard InChI is InChI=1S/C16H12N4O4/c1-2-8-18-10-12-6-7-14(21)19(22)16(12)15(17-18)11-4-3-5-13(9-11)20(23)24/h2-7,9-10H,1,8H2. The van der Waals surface area contributed by atoms with Crippen molar-refractivity contribution in [2.45, 2.75) is 6.54 Å². The quantitative estimate of drug-likeness (QED) is 0.239. The van der Waals surface area contributed by atoms with Crippen molar-refractivity contribution in [3.05, 3.63) is 80.9 Å². The van der Waals surface area contributed by atoms with Gasteiger partial charge < -0.3 is 5.21 Å². The van der Waals surface area contributed by atoms with Gasteiger partial charge in [-0.1, -0.05) is 18.2 Å². The fourth-order valence-electron chi connectivity index (χ4n) is 2.42. The van der Waals surface area contributed by atoms with E-state index in [1.54, 1.807) is 23.0 Å². The molecule has 0 aliphatic carbocycles. The minimum Gasteiger partial charge on any atom is -0.615 e. The van der Waals surface area contributed by atoms with Crippen LogP contribution in [0.15, 0.2) is 60.0 Å². The second kappa shape index (κ2) is 5.92. The Bertz CT molecular complexity index is 980. The molecular formula is C16H12N4O4. The molecular weight excluding hydrogens is 312 g/mol. The highest BCUT2D eigenvalue weighted by Crippen LogP contribution is 2.29. The number of hydrogen-bond donors (Lipinski definition) is 0. The third-order valence-corrected chi connectivity index (χ3v) is 3.47. The van der Waals surface area contributed by atoms with Gasteiger partial charge in [-0.2, -0.15) is 5.10 Å². The Labute approximate surface area is 136 Å². The smallest absolute Gasteiger partial charge is 0.423 e. The van der Waals surface area contributed by atoms with E-state index < -0.39 is 10.5 Å². The van der Waals surface area contributed by atoms with Crippen LogP contribution in [0.25, 0.3) is 22.5 Å². The average Bonchev–Trinajstić information content (AvgIpc) is 2.58. The van der Waals surface area contributed by atoms with Crippen LogP contribution in [0.2, 0.25) is 0 Å². The van der Waals surface area contributed by atoms with Crippen LogP contribution in [0.1, 0.15) is 0 Å². The Hall–Kier alpha value is -3.55. The monoisotopic (exact) mass is 324 g/mol. The molecule has 1 aromatic rings. The van der Waals surface area contributed by atoms with E-state index in [-0.39, 0.29) is 21.8 Å². The average molecular weight is 324 g/mol. The molecule has 0 N–H and O–H groups in total. The van der Waals surface area contributed by atoms with Crippen molar-refractivity contribution in [3.63, 3.8) is 0 Å². The number of aromatic nitrogens is 3. The van der Waals surface area contributed by atoms with Crippen LogP contribution in [0.4, 0.5) is 5.69 Å². The predicted molar refractivity (Wildman–Crippen MR) is 86.4 cm³/mol. The molecule has 0 saturated carbocycles. The fraction of sp³-hybridized carbons (Fsp3) is 0.0625. The van der Waals surface area contributed by atoms with Crippen molar-refractivity contribution in [3.8, 4) is 22.5 Å². The normalized spacial score (nSPS) is 10.7. The van der Waals surface area contributed by atoms with E-state index in [4.69, 9.17) is 0 Å². The summed E-state index contributed by atoms with van der Waals surface area (Å²) < 4.78 is 1.79. The summed E-state index contributed by atoms with van der Waals surface area (Å²) in [7, 11) is 0. The second-order valence-electron chi connectivity index (χ2n) is 5.07. The van der Waals surface area contributed by atoms with Crippen molar-refractivity contribution in [1.29, 1.82) is 0 Å². The van der Waals surface area contributed by atoms with Gasteiger partial charge in [0.15, 0.2) is 5.69 Å². The molecule has 0 amide bonds. The van der Waals surface area contributed by atoms with E-state index in [0.717, 1.165) is 0 Å². The van der Waals surface area contributed by atoms with E-state index in [9.17, 15) is 20.1 Å². The lowest BCUT2D eigenvalue weighted by atomic mass is 10.0. The topological polar surface area (TPSA) is 105 Å². The zero-order valence-electron chi connectivity index (χ0n) is 12.5. The number of nitro groups is 1. The zero-order valence-corrected chi connectivity index (χ0v) is 12.5. The van der Waals surface area contributed by atoms with Crippen molar-refractivity contribution < 1.29 is 9.65 Å². The molecule has 2 aliphatic heterocycles. The summed E-state index contributed by atoms with van der Waals surface area (Å²) in [6.45, 7) is 4.03. The third kappa shape index (κ3) is 2.60. The minimum atomic E-state index is -0.725. The summed E-state index contributed by atoms with van der Waals surface area (Å²) in [6.07, 6.45) is 3.25. The van der Waals surface area contributed by atoms with Crippen molar-refractivity contribution in [2.75, 3.05) is 0 Å². The molecule has 2 aliphatic rings. The number of nitro benzene ring substituents is 1. The molecule has 8 nitrogen and oxygen atoms in total. The Morgan fingerprint density at radius 2 is 2.08 bits per heavy atom. The lowest BCUT2D eigenvalue weighted by Gasteiger charge is -2.13. The molecule has 0 unspecified atom stereocenters. The number of benzene rings is 1. The number of fused-ring (bicyclic) bond motifs is 1. The van der Waals surface area contributed by atoms with Crippen LogP contribution < -0.4 is 10.3 Å². The Morgan fingerprint density at radius 3 is 2.79 bits per heavy atom. The van der Waals surface area contributed by atoms with Crippen LogP contribution >= 0.6 is 0 Å². The van der Waals surface area contributed by atoms with Gasteiger partial charge in [0.2, 0.25) is 0 Å². The summed E-state index contributed by atoms with van der Waals surface area (Å²) in [5, 5.41) is 27.5. The van der Waals surface area contributed by atoms with Gasteiger partial charge in [-0.3, -0.25) is 14.8 Å². The van der Waals surface area contributed by atoms with E-state index in [1.807, 2.05) is 0 Å². The molecule has 0 fully saturated rings. The summed E-state index contributed by atoms with van der Waals surface area (Å²) >= 11 is 0. The molecule has 0 radical (unpaired) electrons. The van der Waals surface area contributed by atoms with Gasteiger partial charge in [0.25, 0.3) is 11.4 Å². The molecule has 2 heterocycles. The van der Waals surface area contributed by atoms with Gasteiger partial charge >= 0.3 is 5.56 Å². The first-order chi connectivity index (χ1) is 11.5. The van der Waals surface area contributed by atoms with Gasteiger partial charge in [-0.15, -0.1) is 11.3 Å². The van der Waals surface area contributed by atoms with Crippen molar-refractivity contribution in [2.24, 2.45) is 0 Å². The van der Waals surface area contributed by atoms with E-state index in [1.165, 1.54) is 30.3 Å². The Balaban J connectivity index is 2.35. The molecule has 1 aromatic carbocycles. The molecule has 0 aromatic heterocycles. The largest absolute Gasteiger partial charge is 0.615 e. The lowest BCUT2D eigenvalue weighted by molar-refractivity contribution is -0.608. The van der Waals surface area contributed by atoms with Crippen molar-refractivity contribution in [1.82, 2.24) is 9.78 Å². The number of nitrogens with zero attached hydrogens (tertiary/aromatic N) is 4. The van der Waals surface area contributed by atoms with E-state index in [2.05, 4.69) is 11.7 Å². The van der Waals surface area contributed by atoms with Crippen LogP contribution in [0.3, 0.4) is 0 Å². The Kier molecular flexibility index (Phi) is 3.78. The van der Waals surface area contributed by atoms with Gasteiger partial charge in [-0.05, 0) is 6.07 Å². The first-order valence-corrected chi connectivity index (χ1v) is 7.01. The molecule has 3 rings (SSSR count). The minimum absolute atomic E-state index is 0.0725. The maximum absolute atomic E-state index is 12.2. The molecule has 0 atom stereocenters. The van der Waals surface area contributed by atoms with E-state index >= 15 is 0 Å². The molecule has 0 spiro atoms. The molecule has 0 bridgehead atoms. The summed E-state index contributed by atoms with van der Waals surface area (Å²) in [5.41, 5.74) is 0.301. The van der Waals surface area contributed by atoms with Gasteiger partial charge in [-0.25, -0.2) is 4.79 Å². The maximum Gasteiger partial charge on any atom is 0.423 e.